The molecule has 0 spiro atoms. The van der Waals surface area contributed by atoms with Crippen LogP contribution in [-0.2, 0) is 24.4 Å². The van der Waals surface area contributed by atoms with Crippen molar-refractivity contribution in [1.29, 1.82) is 0 Å². The van der Waals surface area contributed by atoms with Crippen molar-refractivity contribution in [2.24, 2.45) is 11.8 Å². The van der Waals surface area contributed by atoms with E-state index in [-0.39, 0.29) is 23.0 Å². The average molecular weight is 386 g/mol. The normalized spacial score (nSPS) is 44.4. The van der Waals surface area contributed by atoms with Gasteiger partial charge in [-0.25, -0.2) is 0 Å². The van der Waals surface area contributed by atoms with Gasteiger partial charge in [-0.3, -0.25) is 4.79 Å². The zero-order valence-electron chi connectivity index (χ0n) is 16.4. The molecule has 5 rings (SSSR count). The van der Waals surface area contributed by atoms with Crippen LogP contribution in [0.3, 0.4) is 0 Å². The molecule has 3 aliphatic heterocycles. The van der Waals surface area contributed by atoms with Gasteiger partial charge in [0.1, 0.15) is 6.04 Å². The largest absolute Gasteiger partial charge is 0.634 e. The van der Waals surface area contributed by atoms with Crippen molar-refractivity contribution in [2.75, 3.05) is 26.1 Å². The average Bonchev–Trinajstić information content (AvgIpc) is 3.19. The maximum atomic E-state index is 13.2. The Bertz CT molecular complexity index is 857. The molecule has 7 atom stereocenters. The standard InChI is InChI=1S/C21H26N2O5/c1-4-12-11-23(25)16-9-13(12)18(19(24)27-3)20-10-17(26-2)28-21(16,20)22-15-8-6-5-7-14(15)20/h4-8,13,16-18,22-23H,9-11H2,1-3H3/t13-,16-,17-,18+,20+,21+/m1/s1. The van der Waals surface area contributed by atoms with Crippen LogP contribution in [0.15, 0.2) is 35.9 Å². The van der Waals surface area contributed by atoms with Crippen LogP contribution < -0.4 is 10.4 Å². The molecule has 0 aromatic heterocycles. The molecule has 7 nitrogen and oxygen atoms in total. The van der Waals surface area contributed by atoms with Crippen molar-refractivity contribution in [3.8, 4) is 0 Å². The summed E-state index contributed by atoms with van der Waals surface area (Å²) >= 11 is 0. The second-order valence-electron chi connectivity index (χ2n) is 8.27. The molecule has 1 aromatic rings. The molecule has 2 N–H and O–H groups in total. The zero-order chi connectivity index (χ0) is 19.7. The van der Waals surface area contributed by atoms with Gasteiger partial charge in [0.2, 0.25) is 5.72 Å². The third-order valence-corrected chi connectivity index (χ3v) is 7.44. The SMILES string of the molecule is CC=C1C[NH+]([O-])[C@@H]2C[C@H]1[C@@H](C(=O)OC)[C@@]13C[C@H](OC)O[C@@]21Nc1ccccc13. The van der Waals surface area contributed by atoms with Crippen LogP contribution in [-0.4, -0.2) is 44.8 Å². The molecule has 7 heteroatoms. The number of anilines is 1. The summed E-state index contributed by atoms with van der Waals surface area (Å²) in [6.45, 7) is 2.30. The molecule has 1 aliphatic carbocycles. The number of nitrogens with one attached hydrogen (secondary N) is 2. The summed E-state index contributed by atoms with van der Waals surface area (Å²) in [4.78, 5) is 13.2. The maximum absolute atomic E-state index is 13.2. The van der Waals surface area contributed by atoms with Crippen LogP contribution in [0.4, 0.5) is 5.69 Å². The number of allylic oxidation sites excluding steroid dienone is 1. The molecule has 1 saturated carbocycles. The lowest BCUT2D eigenvalue weighted by molar-refractivity contribution is -0.887. The number of carbonyl (C=O) groups is 1. The van der Waals surface area contributed by atoms with Gasteiger partial charge in [-0.2, -0.15) is 0 Å². The van der Waals surface area contributed by atoms with Crippen LogP contribution >= 0.6 is 0 Å². The highest BCUT2D eigenvalue weighted by atomic mass is 16.7. The number of quaternary nitrogens is 1. The van der Waals surface area contributed by atoms with Crippen molar-refractivity contribution in [3.05, 3.63) is 46.7 Å². The minimum atomic E-state index is -0.983. The van der Waals surface area contributed by atoms with E-state index < -0.39 is 23.3 Å². The smallest absolute Gasteiger partial charge is 0.310 e. The summed E-state index contributed by atoms with van der Waals surface area (Å²) < 4.78 is 17.4. The highest BCUT2D eigenvalue weighted by molar-refractivity contribution is 5.80. The number of piperidine rings is 1. The van der Waals surface area contributed by atoms with E-state index in [0.717, 1.165) is 16.8 Å². The second kappa shape index (κ2) is 6.03. The molecular weight excluding hydrogens is 360 g/mol. The van der Waals surface area contributed by atoms with Gasteiger partial charge < -0.3 is 29.8 Å². The lowest BCUT2D eigenvalue weighted by atomic mass is 9.51. The van der Waals surface area contributed by atoms with Gasteiger partial charge in [-0.15, -0.1) is 0 Å². The molecule has 28 heavy (non-hydrogen) atoms. The van der Waals surface area contributed by atoms with Crippen molar-refractivity contribution in [1.82, 2.24) is 0 Å². The number of ether oxygens (including phenoxy) is 3. The minimum absolute atomic E-state index is 0.0413. The van der Waals surface area contributed by atoms with Gasteiger partial charge in [-0.1, -0.05) is 24.3 Å². The summed E-state index contributed by atoms with van der Waals surface area (Å²) in [6, 6.07) is 7.63. The highest BCUT2D eigenvalue weighted by Gasteiger charge is 2.79. The zero-order valence-corrected chi connectivity index (χ0v) is 16.4. The Labute approximate surface area is 164 Å². The Balaban J connectivity index is 1.81. The van der Waals surface area contributed by atoms with Crippen molar-refractivity contribution in [3.63, 3.8) is 0 Å². The third-order valence-electron chi connectivity index (χ3n) is 7.44. The van der Waals surface area contributed by atoms with Crippen LogP contribution in [0.25, 0.3) is 0 Å². The number of hydroxylamine groups is 2. The van der Waals surface area contributed by atoms with Crippen molar-refractivity contribution >= 4 is 11.7 Å². The van der Waals surface area contributed by atoms with E-state index >= 15 is 0 Å². The first-order valence-electron chi connectivity index (χ1n) is 9.86. The number of esters is 1. The Morgan fingerprint density at radius 1 is 1.39 bits per heavy atom. The molecule has 0 radical (unpaired) electrons. The molecule has 2 bridgehead atoms. The number of carbonyl (C=O) groups excluding carboxylic acids is 1. The number of fused-ring (bicyclic) bond motifs is 3. The van der Waals surface area contributed by atoms with E-state index in [0.29, 0.717) is 19.4 Å². The first kappa shape index (κ1) is 18.1. The maximum Gasteiger partial charge on any atom is 0.310 e. The molecule has 3 fully saturated rings. The number of benzene rings is 1. The quantitative estimate of drug-likeness (QED) is 0.448. The van der Waals surface area contributed by atoms with Gasteiger partial charge in [0, 0.05) is 31.6 Å². The van der Waals surface area contributed by atoms with Crippen LogP contribution in [0.1, 0.15) is 25.3 Å². The number of rotatable bonds is 2. The van der Waals surface area contributed by atoms with Crippen LogP contribution in [0, 0.1) is 17.0 Å². The molecule has 2 saturated heterocycles. The fourth-order valence-electron chi connectivity index (χ4n) is 6.43. The van der Waals surface area contributed by atoms with E-state index in [9.17, 15) is 10.0 Å². The van der Waals surface area contributed by atoms with Gasteiger partial charge in [0.05, 0.1) is 25.0 Å². The van der Waals surface area contributed by atoms with E-state index in [1.54, 1.807) is 7.11 Å². The Kier molecular flexibility index (Phi) is 3.90. The fourth-order valence-corrected chi connectivity index (χ4v) is 6.43. The molecule has 3 heterocycles. The van der Waals surface area contributed by atoms with Gasteiger partial charge in [0.25, 0.3) is 0 Å². The number of hydrogen-bond donors (Lipinski definition) is 2. The molecule has 1 aromatic carbocycles. The molecular formula is C21H26N2O5. The number of para-hydroxylation sites is 1. The van der Waals surface area contributed by atoms with Crippen molar-refractivity contribution in [2.45, 2.75) is 43.2 Å². The number of hydrogen-bond acceptors (Lipinski definition) is 6. The molecule has 0 amide bonds. The molecule has 4 aliphatic rings. The van der Waals surface area contributed by atoms with E-state index in [1.165, 1.54) is 7.11 Å². The fraction of sp³-hybridized carbons (Fsp3) is 0.571. The summed E-state index contributed by atoms with van der Waals surface area (Å²) in [6.07, 6.45) is 2.59. The Morgan fingerprint density at radius 3 is 2.89 bits per heavy atom. The summed E-state index contributed by atoms with van der Waals surface area (Å²) in [5, 5.41) is 16.9. The first-order chi connectivity index (χ1) is 13.5. The summed E-state index contributed by atoms with van der Waals surface area (Å²) in [7, 11) is 3.04. The lowest BCUT2D eigenvalue weighted by Crippen LogP contribution is -3.17. The van der Waals surface area contributed by atoms with Gasteiger partial charge in [0.15, 0.2) is 6.29 Å². The Morgan fingerprint density at radius 2 is 2.18 bits per heavy atom. The van der Waals surface area contributed by atoms with Gasteiger partial charge >= 0.3 is 5.97 Å². The van der Waals surface area contributed by atoms with Crippen LogP contribution in [0.5, 0.6) is 0 Å². The number of methoxy groups -OCH3 is 2. The monoisotopic (exact) mass is 386 g/mol. The highest BCUT2D eigenvalue weighted by Crippen LogP contribution is 2.66. The summed E-state index contributed by atoms with van der Waals surface area (Å²) in [5.74, 6) is -0.731. The lowest BCUT2D eigenvalue weighted by Gasteiger charge is -2.59. The Hall–Kier alpha value is -1.93. The van der Waals surface area contributed by atoms with E-state index in [1.807, 2.05) is 37.3 Å². The van der Waals surface area contributed by atoms with Crippen LogP contribution in [0.2, 0.25) is 0 Å². The first-order valence-corrected chi connectivity index (χ1v) is 9.86. The second-order valence-corrected chi connectivity index (χ2v) is 8.27. The van der Waals surface area contributed by atoms with Gasteiger partial charge in [-0.05, 0) is 24.1 Å². The van der Waals surface area contributed by atoms with E-state index in [4.69, 9.17) is 14.2 Å². The molecule has 150 valence electrons. The molecule has 1 unspecified atom stereocenters. The summed E-state index contributed by atoms with van der Waals surface area (Å²) in [5.41, 5.74) is 1.28. The predicted octanol–water partition coefficient (Wildman–Crippen LogP) is 0.959. The van der Waals surface area contributed by atoms with Crippen molar-refractivity contribution < 1.29 is 24.1 Å². The third kappa shape index (κ3) is 1.95. The topological polar surface area (TPSA) is 84.3 Å². The predicted molar refractivity (Wildman–Crippen MR) is 101 cm³/mol. The minimum Gasteiger partial charge on any atom is -0.634 e. The van der Waals surface area contributed by atoms with E-state index in [2.05, 4.69) is 5.32 Å².